The number of nitrogens with zero attached hydrogens (tertiary/aromatic N) is 1. The number of alkyl halides is 1. The van der Waals surface area contributed by atoms with Crippen molar-refractivity contribution in [2.75, 3.05) is 50.0 Å². The van der Waals surface area contributed by atoms with Crippen molar-refractivity contribution in [3.8, 4) is 0 Å². The van der Waals surface area contributed by atoms with E-state index in [0.29, 0.717) is 12.2 Å². The van der Waals surface area contributed by atoms with Crippen LogP contribution in [0.25, 0.3) is 0 Å². The lowest BCUT2D eigenvalue weighted by molar-refractivity contribution is 0.408. The normalized spacial score (nSPS) is 12.1. The fourth-order valence-corrected chi connectivity index (χ4v) is 2.93. The Balaban J connectivity index is 0. The fourth-order valence-electron chi connectivity index (χ4n) is 0.960. The molecule has 18 heavy (non-hydrogen) atoms. The summed E-state index contributed by atoms with van der Waals surface area (Å²) in [4.78, 5) is 1.98. The molecule has 0 amide bonds. The van der Waals surface area contributed by atoms with E-state index in [1.165, 1.54) is 12.5 Å². The van der Waals surface area contributed by atoms with Crippen LogP contribution in [0.1, 0.15) is 12.8 Å². The van der Waals surface area contributed by atoms with Crippen LogP contribution in [0.3, 0.4) is 0 Å². The molecular formula is C10H24BrNO4S2. The molecule has 0 heterocycles. The highest BCUT2D eigenvalue weighted by atomic mass is 79.9. The first-order valence-electron chi connectivity index (χ1n) is 5.54. The average Bonchev–Trinajstić information content (AvgIpc) is 2.11. The van der Waals surface area contributed by atoms with E-state index >= 15 is 0 Å². The molecule has 0 unspecified atom stereocenters. The molecule has 0 fully saturated rings. The molecule has 0 rings (SSSR count). The fraction of sp³-hybridized carbons (Fsp3) is 1.00. The average molecular weight is 366 g/mol. The van der Waals surface area contributed by atoms with Crippen LogP contribution < -0.4 is 0 Å². The van der Waals surface area contributed by atoms with Crippen LogP contribution in [0.5, 0.6) is 0 Å². The second-order valence-electron chi connectivity index (χ2n) is 4.46. The molecule has 5 nitrogen and oxygen atoms in total. The third kappa shape index (κ3) is 25.3. The molecule has 0 atom stereocenters. The summed E-state index contributed by atoms with van der Waals surface area (Å²) < 4.78 is 41.9. The summed E-state index contributed by atoms with van der Waals surface area (Å²) in [6.45, 7) is 0.840. The molecule has 0 aromatic carbocycles. The minimum atomic E-state index is -2.75. The summed E-state index contributed by atoms with van der Waals surface area (Å²) in [5, 5.41) is 0.764. The van der Waals surface area contributed by atoms with Crippen molar-refractivity contribution in [1.82, 2.24) is 4.90 Å². The van der Waals surface area contributed by atoms with Crippen molar-refractivity contribution in [2.45, 2.75) is 12.8 Å². The first-order chi connectivity index (χ1) is 7.98. The van der Waals surface area contributed by atoms with E-state index in [1.807, 2.05) is 19.0 Å². The Morgan fingerprint density at radius 3 is 1.50 bits per heavy atom. The molecule has 0 saturated heterocycles. The van der Waals surface area contributed by atoms with Crippen LogP contribution in [0.4, 0.5) is 0 Å². The van der Waals surface area contributed by atoms with Gasteiger partial charge in [-0.05, 0) is 33.5 Å². The van der Waals surface area contributed by atoms with E-state index in [9.17, 15) is 16.8 Å². The molecule has 0 aliphatic heterocycles. The van der Waals surface area contributed by atoms with Crippen LogP contribution in [0, 0.1) is 0 Å². The summed E-state index contributed by atoms with van der Waals surface area (Å²) in [6.07, 6.45) is 3.95. The summed E-state index contributed by atoms with van der Waals surface area (Å²) in [5.74, 6) is 0.587. The van der Waals surface area contributed by atoms with Crippen LogP contribution in [0.15, 0.2) is 0 Å². The predicted molar refractivity (Wildman–Crippen MR) is 81.0 cm³/mol. The first-order valence-corrected chi connectivity index (χ1v) is 10.8. The van der Waals surface area contributed by atoms with Gasteiger partial charge in [-0.2, -0.15) is 0 Å². The molecule has 0 aromatic heterocycles. The van der Waals surface area contributed by atoms with E-state index in [-0.39, 0.29) is 5.75 Å². The predicted octanol–water partition coefficient (Wildman–Crippen LogP) is 0.799. The second-order valence-corrected chi connectivity index (χ2v) is 9.77. The van der Waals surface area contributed by atoms with Gasteiger partial charge in [0.15, 0.2) is 0 Å². The zero-order valence-corrected chi connectivity index (χ0v) is 14.7. The maximum atomic E-state index is 10.6. The molecule has 0 bridgehead atoms. The Labute approximate surface area is 120 Å². The maximum absolute atomic E-state index is 10.6. The van der Waals surface area contributed by atoms with E-state index in [0.717, 1.165) is 18.3 Å². The van der Waals surface area contributed by atoms with Crippen LogP contribution in [-0.4, -0.2) is 71.7 Å². The molecule has 0 spiro atoms. The van der Waals surface area contributed by atoms with Gasteiger partial charge in [0.2, 0.25) is 0 Å². The molecule has 0 saturated carbocycles. The van der Waals surface area contributed by atoms with Gasteiger partial charge in [0.25, 0.3) is 0 Å². The van der Waals surface area contributed by atoms with Gasteiger partial charge in [-0.15, -0.1) is 0 Å². The Kier molecular flexibility index (Phi) is 11.7. The number of halogens is 1. The Hall–Kier alpha value is 0.340. The third-order valence-electron chi connectivity index (χ3n) is 1.77. The lowest BCUT2D eigenvalue weighted by Crippen LogP contribution is -2.16. The molecule has 0 N–H and O–H groups in total. The molecule has 8 heteroatoms. The minimum Gasteiger partial charge on any atom is -0.309 e. The zero-order valence-electron chi connectivity index (χ0n) is 11.5. The van der Waals surface area contributed by atoms with E-state index in [4.69, 9.17) is 0 Å². The summed E-state index contributed by atoms with van der Waals surface area (Å²) in [6, 6.07) is 0. The topological polar surface area (TPSA) is 71.5 Å². The molecule has 0 aliphatic rings. The van der Waals surface area contributed by atoms with Crippen LogP contribution >= 0.6 is 15.9 Å². The molecule has 112 valence electrons. The Bertz CT molecular complexity index is 390. The van der Waals surface area contributed by atoms with Crippen molar-refractivity contribution in [1.29, 1.82) is 0 Å². The van der Waals surface area contributed by atoms with Gasteiger partial charge in [-0.25, -0.2) is 16.8 Å². The van der Waals surface area contributed by atoms with Crippen molar-refractivity contribution in [3.63, 3.8) is 0 Å². The van der Waals surface area contributed by atoms with Gasteiger partial charge >= 0.3 is 0 Å². The highest BCUT2D eigenvalue weighted by Crippen LogP contribution is 1.91. The maximum Gasteiger partial charge on any atom is 0.147 e. The quantitative estimate of drug-likeness (QED) is 0.624. The van der Waals surface area contributed by atoms with E-state index in [1.54, 1.807) is 0 Å². The molecule has 0 radical (unpaired) electrons. The molecule has 0 aromatic rings. The lowest BCUT2D eigenvalue weighted by atomic mass is 10.5. The van der Waals surface area contributed by atoms with Crippen LogP contribution in [0.2, 0.25) is 0 Å². The number of hydrogen-bond acceptors (Lipinski definition) is 5. The van der Waals surface area contributed by atoms with Crippen molar-refractivity contribution in [2.24, 2.45) is 0 Å². The van der Waals surface area contributed by atoms with Gasteiger partial charge < -0.3 is 4.90 Å². The SMILES string of the molecule is CN(C)CCCS(C)(=O)=O.CS(=O)(=O)CCCBr. The van der Waals surface area contributed by atoms with Gasteiger partial charge in [-0.1, -0.05) is 15.9 Å². The number of rotatable bonds is 7. The highest BCUT2D eigenvalue weighted by molar-refractivity contribution is 9.09. The van der Waals surface area contributed by atoms with Gasteiger partial charge in [0.05, 0.1) is 11.5 Å². The van der Waals surface area contributed by atoms with Crippen molar-refractivity contribution in [3.05, 3.63) is 0 Å². The standard InChI is InChI=1S/C6H15NO2S.C4H9BrO2S/c1-7(2)5-4-6-10(3,8)9;1-8(6,7)4-2-3-5/h4-6H2,1-3H3;2-4H2,1H3. The summed E-state index contributed by atoms with van der Waals surface area (Å²) in [5.41, 5.74) is 0. The Morgan fingerprint density at radius 1 is 0.889 bits per heavy atom. The summed E-state index contributed by atoms with van der Waals surface area (Å²) >= 11 is 3.14. The minimum absolute atomic E-state index is 0.290. The number of sulfone groups is 2. The third-order valence-corrected chi connectivity index (χ3v) is 4.39. The first kappa shape index (κ1) is 20.7. The lowest BCUT2D eigenvalue weighted by Gasteiger charge is -2.07. The second kappa shape index (κ2) is 10.2. The number of hydrogen-bond donors (Lipinski definition) is 0. The van der Waals surface area contributed by atoms with Gasteiger partial charge in [0.1, 0.15) is 19.7 Å². The highest BCUT2D eigenvalue weighted by Gasteiger charge is 2.00. The Morgan fingerprint density at radius 2 is 1.28 bits per heavy atom. The van der Waals surface area contributed by atoms with Crippen molar-refractivity contribution >= 4 is 35.6 Å². The van der Waals surface area contributed by atoms with Gasteiger partial charge in [-0.3, -0.25) is 0 Å². The zero-order chi connectivity index (χ0) is 14.8. The smallest absolute Gasteiger partial charge is 0.147 e. The monoisotopic (exact) mass is 365 g/mol. The van der Waals surface area contributed by atoms with Gasteiger partial charge in [0, 0.05) is 17.8 Å². The largest absolute Gasteiger partial charge is 0.309 e. The van der Waals surface area contributed by atoms with E-state index in [2.05, 4.69) is 15.9 Å². The van der Waals surface area contributed by atoms with Crippen LogP contribution in [-0.2, 0) is 19.7 Å². The summed E-state index contributed by atoms with van der Waals surface area (Å²) in [7, 11) is -1.60. The molecule has 0 aliphatic carbocycles. The van der Waals surface area contributed by atoms with Crippen molar-refractivity contribution < 1.29 is 16.8 Å². The van der Waals surface area contributed by atoms with E-state index < -0.39 is 19.7 Å². The molecular weight excluding hydrogens is 342 g/mol.